The zero-order valence-corrected chi connectivity index (χ0v) is 4.68. The van der Waals surface area contributed by atoms with E-state index >= 15 is 0 Å². The van der Waals surface area contributed by atoms with Crippen LogP contribution in [0.1, 0.15) is 0 Å². The Balaban J connectivity index is 0.000000360. The van der Waals surface area contributed by atoms with E-state index in [-0.39, 0.29) is 18.9 Å². The molecule has 0 aliphatic heterocycles. The molecule has 0 saturated carbocycles. The van der Waals surface area contributed by atoms with Gasteiger partial charge in [0.15, 0.2) is 0 Å². The summed E-state index contributed by atoms with van der Waals surface area (Å²) in [5.74, 6) is 0. The molecule has 0 amide bonds. The van der Waals surface area contributed by atoms with Crippen molar-refractivity contribution in [1.29, 1.82) is 0 Å². The third-order valence-electron chi connectivity index (χ3n) is 0.684. The molecule has 7 heavy (non-hydrogen) atoms. The minimum Gasteiger partial charge on any atom is -0.473 e. The van der Waals surface area contributed by atoms with E-state index in [1.807, 2.05) is 29.9 Å². The van der Waals surface area contributed by atoms with Crippen molar-refractivity contribution < 1.29 is 18.9 Å². The Kier molecular flexibility index (Phi) is 2.90. The second-order valence-corrected chi connectivity index (χ2v) is 1.25. The molecule has 0 saturated heterocycles. The summed E-state index contributed by atoms with van der Waals surface area (Å²) in [6.45, 7) is 0. The van der Waals surface area contributed by atoms with Gasteiger partial charge in [-0.05, 0) is 7.05 Å². The van der Waals surface area contributed by atoms with E-state index in [2.05, 4.69) is 6.20 Å². The zero-order chi connectivity index (χ0) is 4.41. The molecule has 0 bridgehead atoms. The van der Waals surface area contributed by atoms with Gasteiger partial charge in [0.05, 0.1) is 0 Å². The van der Waals surface area contributed by atoms with Gasteiger partial charge >= 0.3 is 18.9 Å². The molecule has 1 aromatic rings. The van der Waals surface area contributed by atoms with Gasteiger partial charge in [-0.3, -0.25) is 0 Å². The van der Waals surface area contributed by atoms with Crippen LogP contribution in [0.2, 0.25) is 0 Å². The van der Waals surface area contributed by atoms with Crippen molar-refractivity contribution in [3.8, 4) is 0 Å². The molecule has 0 atom stereocenters. The number of nitrogens with zero attached hydrogens (tertiary/aromatic N) is 1. The van der Waals surface area contributed by atoms with Crippen LogP contribution in [0.15, 0.2) is 18.3 Å². The van der Waals surface area contributed by atoms with Crippen LogP contribution in [0.5, 0.6) is 0 Å². The molecule has 2 heteroatoms. The average Bonchev–Trinajstić information content (AvgIpc) is 1.86. The van der Waals surface area contributed by atoms with Gasteiger partial charge in [-0.1, -0.05) is 0 Å². The van der Waals surface area contributed by atoms with E-state index in [1.165, 1.54) is 0 Å². The molecule has 1 aromatic heterocycles. The Labute approximate surface area is 55.5 Å². The molecular weight excluding hydrogens is 81.0 g/mol. The Morgan fingerprint density at radius 2 is 2.29 bits per heavy atom. The maximum Gasteiger partial charge on any atom is 1.00 e. The van der Waals surface area contributed by atoms with Gasteiger partial charge in [0, 0.05) is 0 Å². The van der Waals surface area contributed by atoms with Gasteiger partial charge < -0.3 is 4.57 Å². The maximum absolute atomic E-state index is 2.92. The minimum atomic E-state index is 0. The smallest absolute Gasteiger partial charge is 0.473 e. The molecule has 0 N–H and O–H groups in total. The van der Waals surface area contributed by atoms with Crippen LogP contribution in [0.4, 0.5) is 0 Å². The maximum atomic E-state index is 2.92. The van der Waals surface area contributed by atoms with Gasteiger partial charge in [0.25, 0.3) is 0 Å². The molecule has 32 valence electrons. The SMILES string of the molecule is Cn1[c-]ccc1.[Li+]. The first-order valence-electron chi connectivity index (χ1n) is 1.88. The number of rotatable bonds is 0. The quantitative estimate of drug-likeness (QED) is 0.251. The van der Waals surface area contributed by atoms with E-state index in [0.717, 1.165) is 0 Å². The standard InChI is InChI=1S/C5H6N.Li/c1-6-4-2-3-5-6;/h2-4H,1H3;/q-1;+1. The van der Waals surface area contributed by atoms with Gasteiger partial charge in [-0.15, -0.1) is 12.4 Å². The van der Waals surface area contributed by atoms with Crippen molar-refractivity contribution in [2.45, 2.75) is 0 Å². The van der Waals surface area contributed by atoms with Crippen LogP contribution in [0.25, 0.3) is 0 Å². The Bertz CT molecular complexity index is 112. The van der Waals surface area contributed by atoms with Crippen molar-refractivity contribution >= 4 is 0 Å². The van der Waals surface area contributed by atoms with Gasteiger partial charge in [-0.2, -0.15) is 12.1 Å². The van der Waals surface area contributed by atoms with Crippen molar-refractivity contribution in [3.05, 3.63) is 24.5 Å². The van der Waals surface area contributed by atoms with Gasteiger partial charge in [0.2, 0.25) is 0 Å². The number of aryl methyl sites for hydroxylation is 1. The van der Waals surface area contributed by atoms with Crippen LogP contribution >= 0.6 is 0 Å². The summed E-state index contributed by atoms with van der Waals surface area (Å²) < 4.78 is 1.88. The summed E-state index contributed by atoms with van der Waals surface area (Å²) in [6, 6.07) is 3.82. The predicted octanol–water partition coefficient (Wildman–Crippen LogP) is -2.17. The van der Waals surface area contributed by atoms with Gasteiger partial charge in [0.1, 0.15) is 0 Å². The van der Waals surface area contributed by atoms with Crippen LogP contribution in [0, 0.1) is 6.20 Å². The molecule has 0 spiro atoms. The minimum absolute atomic E-state index is 0. The molecule has 0 aliphatic rings. The van der Waals surface area contributed by atoms with Crippen molar-refractivity contribution in [3.63, 3.8) is 0 Å². The first-order valence-corrected chi connectivity index (χ1v) is 1.88. The molecule has 1 nitrogen and oxygen atoms in total. The summed E-state index contributed by atoms with van der Waals surface area (Å²) >= 11 is 0. The first kappa shape index (κ1) is 6.88. The Morgan fingerprint density at radius 1 is 1.57 bits per heavy atom. The summed E-state index contributed by atoms with van der Waals surface area (Å²) in [6.07, 6.45) is 4.86. The number of hydrogen-bond acceptors (Lipinski definition) is 0. The van der Waals surface area contributed by atoms with Crippen molar-refractivity contribution in [2.24, 2.45) is 7.05 Å². The van der Waals surface area contributed by atoms with Crippen LogP contribution < -0.4 is 18.9 Å². The van der Waals surface area contributed by atoms with E-state index in [1.54, 1.807) is 0 Å². The van der Waals surface area contributed by atoms with Crippen molar-refractivity contribution in [2.75, 3.05) is 0 Å². The Hall–Kier alpha value is -0.123. The first-order chi connectivity index (χ1) is 2.89. The van der Waals surface area contributed by atoms with Crippen LogP contribution in [0.3, 0.4) is 0 Å². The molecule has 0 radical (unpaired) electrons. The third kappa shape index (κ3) is 1.87. The number of hydrogen-bond donors (Lipinski definition) is 0. The fourth-order valence-corrected chi connectivity index (χ4v) is 0.376. The molecule has 0 fully saturated rings. The average molecular weight is 87.1 g/mol. The largest absolute Gasteiger partial charge is 1.00 e. The van der Waals surface area contributed by atoms with E-state index in [4.69, 9.17) is 0 Å². The topological polar surface area (TPSA) is 4.93 Å². The zero-order valence-electron chi connectivity index (χ0n) is 4.68. The van der Waals surface area contributed by atoms with Crippen LogP contribution in [-0.2, 0) is 7.05 Å². The van der Waals surface area contributed by atoms with Gasteiger partial charge in [-0.25, -0.2) is 0 Å². The monoisotopic (exact) mass is 87.1 g/mol. The fourth-order valence-electron chi connectivity index (χ4n) is 0.376. The molecule has 0 aromatic carbocycles. The molecule has 1 rings (SSSR count). The predicted molar refractivity (Wildman–Crippen MR) is 24.2 cm³/mol. The van der Waals surface area contributed by atoms with E-state index in [0.29, 0.717) is 0 Å². The summed E-state index contributed by atoms with van der Waals surface area (Å²) in [7, 11) is 1.94. The Morgan fingerprint density at radius 3 is 2.43 bits per heavy atom. The van der Waals surface area contributed by atoms with E-state index < -0.39 is 0 Å². The van der Waals surface area contributed by atoms with Crippen molar-refractivity contribution in [1.82, 2.24) is 4.57 Å². The molecule has 0 aliphatic carbocycles. The third-order valence-corrected chi connectivity index (χ3v) is 0.684. The number of aromatic nitrogens is 1. The summed E-state index contributed by atoms with van der Waals surface area (Å²) in [5.41, 5.74) is 0. The normalized spacial score (nSPS) is 7.57. The molecular formula is C5H6LiN. The summed E-state index contributed by atoms with van der Waals surface area (Å²) in [5, 5.41) is 0. The molecule has 1 heterocycles. The van der Waals surface area contributed by atoms with Crippen LogP contribution in [-0.4, -0.2) is 4.57 Å². The summed E-state index contributed by atoms with van der Waals surface area (Å²) in [4.78, 5) is 0. The fraction of sp³-hybridized carbons (Fsp3) is 0.200. The van der Waals surface area contributed by atoms with E-state index in [9.17, 15) is 0 Å². The second kappa shape index (κ2) is 2.96. The second-order valence-electron chi connectivity index (χ2n) is 1.25. The molecule has 0 unspecified atom stereocenters.